The van der Waals surface area contributed by atoms with E-state index < -0.39 is 5.82 Å². The fourth-order valence-electron chi connectivity index (χ4n) is 3.23. The van der Waals surface area contributed by atoms with Crippen molar-refractivity contribution in [3.05, 3.63) is 41.7 Å². The first-order chi connectivity index (χ1) is 11.6. The van der Waals surface area contributed by atoms with Crippen LogP contribution < -0.4 is 9.64 Å². The lowest BCUT2D eigenvalue weighted by Gasteiger charge is -2.34. The van der Waals surface area contributed by atoms with Crippen LogP contribution in [0.1, 0.15) is 31.9 Å². The number of hydrogen-bond donors (Lipinski definition) is 0. The van der Waals surface area contributed by atoms with E-state index >= 15 is 0 Å². The average Bonchev–Trinajstić information content (AvgIpc) is 2.96. The minimum atomic E-state index is -0.441. The maximum absolute atomic E-state index is 13.6. The lowest BCUT2D eigenvalue weighted by molar-refractivity contribution is 0.250. The maximum atomic E-state index is 13.6. The number of nitrogens with zero attached hydrogens (tertiary/aromatic N) is 3. The summed E-state index contributed by atoms with van der Waals surface area (Å²) in [5.74, 6) is 1.52. The van der Waals surface area contributed by atoms with Crippen LogP contribution in [0.5, 0.6) is 5.75 Å². The molecular formula is C18H20FN3O2. The molecule has 2 atom stereocenters. The van der Waals surface area contributed by atoms with Crippen molar-refractivity contribution >= 4 is 5.88 Å². The summed E-state index contributed by atoms with van der Waals surface area (Å²) in [7, 11) is 0. The standard InChI is InChI=1S/C18H20FN3O2/c1-12-7-13(2)10-22(9-12)18-15(8-20)21-17(24-18)11-23-16-6-4-3-5-14(16)19/h3-6,12-13H,7,9-11H2,1-2H3. The van der Waals surface area contributed by atoms with Crippen LogP contribution in [-0.4, -0.2) is 18.1 Å². The number of oxazole rings is 1. The van der Waals surface area contributed by atoms with E-state index in [9.17, 15) is 9.65 Å². The molecule has 0 amide bonds. The van der Waals surface area contributed by atoms with E-state index in [4.69, 9.17) is 9.15 Å². The molecule has 2 aromatic rings. The summed E-state index contributed by atoms with van der Waals surface area (Å²) >= 11 is 0. The van der Waals surface area contributed by atoms with Crippen LogP contribution in [0.15, 0.2) is 28.7 Å². The van der Waals surface area contributed by atoms with Gasteiger partial charge < -0.3 is 14.1 Å². The van der Waals surface area contributed by atoms with Gasteiger partial charge in [0, 0.05) is 13.1 Å². The van der Waals surface area contributed by atoms with Gasteiger partial charge in [0.2, 0.25) is 17.5 Å². The van der Waals surface area contributed by atoms with Crippen molar-refractivity contribution in [2.75, 3.05) is 18.0 Å². The highest BCUT2D eigenvalue weighted by atomic mass is 19.1. The number of piperidine rings is 1. The number of aromatic nitrogens is 1. The van der Waals surface area contributed by atoms with E-state index in [2.05, 4.69) is 29.8 Å². The Hall–Kier alpha value is -2.55. The zero-order valence-corrected chi connectivity index (χ0v) is 13.8. The van der Waals surface area contributed by atoms with E-state index in [1.54, 1.807) is 18.2 Å². The van der Waals surface area contributed by atoms with Gasteiger partial charge in [0.15, 0.2) is 18.2 Å². The molecule has 0 spiro atoms. The highest BCUT2D eigenvalue weighted by Crippen LogP contribution is 2.29. The summed E-state index contributed by atoms with van der Waals surface area (Å²) < 4.78 is 24.7. The first-order valence-electron chi connectivity index (χ1n) is 8.09. The van der Waals surface area contributed by atoms with Gasteiger partial charge in [-0.2, -0.15) is 10.2 Å². The lowest BCUT2D eigenvalue weighted by Crippen LogP contribution is -2.38. The number of halogens is 1. The van der Waals surface area contributed by atoms with E-state index in [1.807, 2.05) is 0 Å². The summed E-state index contributed by atoms with van der Waals surface area (Å²) in [6.45, 7) is 6.03. The Balaban J connectivity index is 1.76. The molecule has 0 radical (unpaired) electrons. The number of ether oxygens (including phenoxy) is 1. The topological polar surface area (TPSA) is 62.3 Å². The Kier molecular flexibility index (Phi) is 4.70. The Labute approximate surface area is 140 Å². The molecule has 1 aliphatic rings. The number of hydrogen-bond acceptors (Lipinski definition) is 5. The minimum absolute atomic E-state index is 0.0193. The van der Waals surface area contributed by atoms with Gasteiger partial charge in [-0.1, -0.05) is 26.0 Å². The monoisotopic (exact) mass is 329 g/mol. The summed E-state index contributed by atoms with van der Waals surface area (Å²) in [4.78, 5) is 6.25. The van der Waals surface area contributed by atoms with Crippen molar-refractivity contribution in [1.82, 2.24) is 4.98 Å². The molecule has 1 fully saturated rings. The van der Waals surface area contributed by atoms with Crippen molar-refractivity contribution in [1.29, 1.82) is 5.26 Å². The zero-order chi connectivity index (χ0) is 17.1. The lowest BCUT2D eigenvalue weighted by atomic mass is 9.92. The Morgan fingerprint density at radius 2 is 2.04 bits per heavy atom. The number of anilines is 1. The van der Waals surface area contributed by atoms with E-state index in [-0.39, 0.29) is 23.9 Å². The molecule has 0 bridgehead atoms. The second-order valence-corrected chi connectivity index (χ2v) is 6.44. The second-order valence-electron chi connectivity index (χ2n) is 6.44. The molecule has 0 aliphatic carbocycles. The summed E-state index contributed by atoms with van der Waals surface area (Å²) in [6.07, 6.45) is 1.16. The normalized spacial score (nSPS) is 20.7. The molecule has 24 heavy (non-hydrogen) atoms. The van der Waals surface area contributed by atoms with Crippen LogP contribution in [0.2, 0.25) is 0 Å². The van der Waals surface area contributed by atoms with Crippen molar-refractivity contribution in [2.24, 2.45) is 11.8 Å². The molecule has 6 heteroatoms. The highest BCUT2D eigenvalue weighted by molar-refractivity contribution is 5.48. The first kappa shape index (κ1) is 16.3. The largest absolute Gasteiger partial charge is 0.481 e. The van der Waals surface area contributed by atoms with Gasteiger partial charge in [0.05, 0.1) is 0 Å². The number of rotatable bonds is 4. The molecule has 1 aliphatic heterocycles. The van der Waals surface area contributed by atoms with Crippen LogP contribution in [0.4, 0.5) is 10.3 Å². The van der Waals surface area contributed by atoms with Gasteiger partial charge in [0.1, 0.15) is 6.07 Å². The third kappa shape index (κ3) is 3.51. The molecule has 0 N–H and O–H groups in total. The molecule has 1 saturated heterocycles. The smallest absolute Gasteiger partial charge is 0.236 e. The van der Waals surface area contributed by atoms with E-state index in [0.29, 0.717) is 17.7 Å². The van der Waals surface area contributed by atoms with Crippen LogP contribution >= 0.6 is 0 Å². The molecule has 3 rings (SSSR count). The van der Waals surface area contributed by atoms with Crippen LogP contribution in [0.3, 0.4) is 0 Å². The van der Waals surface area contributed by atoms with Gasteiger partial charge in [-0.3, -0.25) is 0 Å². The van der Waals surface area contributed by atoms with Crippen LogP contribution in [0, 0.1) is 29.0 Å². The highest BCUT2D eigenvalue weighted by Gasteiger charge is 2.27. The SMILES string of the molecule is CC1CC(C)CN(c2oc(COc3ccccc3F)nc2C#N)C1. The number of benzene rings is 1. The minimum Gasteiger partial charge on any atom is -0.481 e. The predicted molar refractivity (Wildman–Crippen MR) is 87.1 cm³/mol. The third-order valence-corrected chi connectivity index (χ3v) is 4.10. The van der Waals surface area contributed by atoms with Gasteiger partial charge in [-0.15, -0.1) is 0 Å². The maximum Gasteiger partial charge on any atom is 0.236 e. The predicted octanol–water partition coefficient (Wildman–Crippen LogP) is 3.75. The number of para-hydroxylation sites is 1. The molecule has 1 aromatic carbocycles. The van der Waals surface area contributed by atoms with Crippen LogP contribution in [-0.2, 0) is 6.61 Å². The van der Waals surface area contributed by atoms with E-state index in [1.165, 1.54) is 6.07 Å². The fraction of sp³-hybridized carbons (Fsp3) is 0.444. The van der Waals surface area contributed by atoms with Crippen molar-refractivity contribution < 1.29 is 13.5 Å². The summed E-state index contributed by atoms with van der Waals surface area (Å²) in [5.41, 5.74) is 0.253. The van der Waals surface area contributed by atoms with Gasteiger partial charge in [-0.05, 0) is 30.4 Å². The molecule has 126 valence electrons. The molecule has 0 saturated carbocycles. The van der Waals surface area contributed by atoms with E-state index in [0.717, 1.165) is 19.5 Å². The second kappa shape index (κ2) is 6.91. The molecule has 5 nitrogen and oxygen atoms in total. The summed E-state index contributed by atoms with van der Waals surface area (Å²) in [5, 5.41) is 9.32. The molecule has 1 aromatic heterocycles. The van der Waals surface area contributed by atoms with Crippen molar-refractivity contribution in [2.45, 2.75) is 26.9 Å². The molecule has 2 unspecified atom stereocenters. The van der Waals surface area contributed by atoms with Gasteiger partial charge in [0.25, 0.3) is 0 Å². The number of nitriles is 1. The first-order valence-corrected chi connectivity index (χ1v) is 8.09. The summed E-state index contributed by atoms with van der Waals surface area (Å²) in [6, 6.07) is 8.23. The Morgan fingerprint density at radius 3 is 2.71 bits per heavy atom. The molecular weight excluding hydrogens is 309 g/mol. The van der Waals surface area contributed by atoms with Gasteiger partial charge >= 0.3 is 0 Å². The van der Waals surface area contributed by atoms with Crippen molar-refractivity contribution in [3.8, 4) is 11.8 Å². The zero-order valence-electron chi connectivity index (χ0n) is 13.8. The Bertz CT molecular complexity index is 743. The van der Waals surface area contributed by atoms with Crippen molar-refractivity contribution in [3.63, 3.8) is 0 Å². The Morgan fingerprint density at radius 1 is 1.33 bits per heavy atom. The van der Waals surface area contributed by atoms with Crippen LogP contribution in [0.25, 0.3) is 0 Å². The average molecular weight is 329 g/mol. The fourth-order valence-corrected chi connectivity index (χ4v) is 3.23. The third-order valence-electron chi connectivity index (χ3n) is 4.10. The van der Waals surface area contributed by atoms with Gasteiger partial charge in [-0.25, -0.2) is 4.39 Å². The molecule has 2 heterocycles. The quantitative estimate of drug-likeness (QED) is 0.855.